The number of halogens is 3. The fraction of sp³-hybridized carbons (Fsp3) is 0.556. The van der Waals surface area contributed by atoms with Crippen LogP contribution >= 0.6 is 0 Å². The van der Waals surface area contributed by atoms with Crippen molar-refractivity contribution in [2.45, 2.75) is 44.3 Å². The Labute approximate surface area is 150 Å². The Bertz CT molecular complexity index is 634. The Morgan fingerprint density at radius 1 is 1.23 bits per heavy atom. The fourth-order valence-corrected chi connectivity index (χ4v) is 3.21. The van der Waals surface area contributed by atoms with E-state index < -0.39 is 11.7 Å². The van der Waals surface area contributed by atoms with E-state index in [9.17, 15) is 22.8 Å². The van der Waals surface area contributed by atoms with Crippen LogP contribution in [-0.2, 0) is 22.2 Å². The predicted molar refractivity (Wildman–Crippen MR) is 91.2 cm³/mol. The molecule has 2 rings (SSSR count). The van der Waals surface area contributed by atoms with Crippen molar-refractivity contribution < 1.29 is 22.8 Å². The third-order valence-corrected chi connectivity index (χ3v) is 4.52. The number of nitrogens with zero attached hydrogens (tertiary/aromatic N) is 1. The molecule has 0 aromatic heterocycles. The summed E-state index contributed by atoms with van der Waals surface area (Å²) in [6.07, 6.45) is -2.15. The lowest BCUT2D eigenvalue weighted by Crippen LogP contribution is -2.50. The minimum Gasteiger partial charge on any atom is -0.354 e. The minimum absolute atomic E-state index is 0.0264. The van der Waals surface area contributed by atoms with Gasteiger partial charge in [-0.1, -0.05) is 18.2 Å². The molecule has 1 aliphatic rings. The van der Waals surface area contributed by atoms with Crippen LogP contribution in [0, 0.1) is 0 Å². The molecule has 1 fully saturated rings. The zero-order valence-electron chi connectivity index (χ0n) is 14.5. The van der Waals surface area contributed by atoms with Crippen LogP contribution in [-0.4, -0.2) is 42.4 Å². The largest absolute Gasteiger partial charge is 0.416 e. The molecule has 2 amide bonds. The second kappa shape index (κ2) is 9.02. The number of piperidine rings is 1. The molecule has 26 heavy (non-hydrogen) atoms. The maximum Gasteiger partial charge on any atom is 0.416 e. The SMILES string of the molecule is NCCC(=O)NCC1CCCCN1C(=O)Cc1ccccc1C(F)(F)F. The van der Waals surface area contributed by atoms with Gasteiger partial charge in [-0.2, -0.15) is 13.2 Å². The normalized spacial score (nSPS) is 17.8. The summed E-state index contributed by atoms with van der Waals surface area (Å²) >= 11 is 0. The molecule has 0 spiro atoms. The number of alkyl halides is 3. The van der Waals surface area contributed by atoms with E-state index >= 15 is 0 Å². The van der Waals surface area contributed by atoms with Gasteiger partial charge >= 0.3 is 6.18 Å². The van der Waals surface area contributed by atoms with Gasteiger partial charge in [-0.3, -0.25) is 9.59 Å². The van der Waals surface area contributed by atoms with Crippen molar-refractivity contribution in [3.8, 4) is 0 Å². The molecule has 3 N–H and O–H groups in total. The van der Waals surface area contributed by atoms with E-state index in [1.807, 2.05) is 0 Å². The lowest BCUT2D eigenvalue weighted by atomic mass is 9.99. The quantitative estimate of drug-likeness (QED) is 0.804. The van der Waals surface area contributed by atoms with Gasteiger partial charge in [-0.05, 0) is 30.9 Å². The monoisotopic (exact) mass is 371 g/mol. The topological polar surface area (TPSA) is 75.4 Å². The van der Waals surface area contributed by atoms with Crippen molar-refractivity contribution in [3.05, 3.63) is 35.4 Å². The van der Waals surface area contributed by atoms with Crippen LogP contribution in [0.15, 0.2) is 24.3 Å². The van der Waals surface area contributed by atoms with Gasteiger partial charge in [0.2, 0.25) is 11.8 Å². The summed E-state index contributed by atoms with van der Waals surface area (Å²) in [5.74, 6) is -0.535. The summed E-state index contributed by atoms with van der Waals surface area (Å²) in [7, 11) is 0. The summed E-state index contributed by atoms with van der Waals surface area (Å²) in [5.41, 5.74) is 4.53. The number of carbonyl (C=O) groups is 2. The molecule has 144 valence electrons. The third kappa shape index (κ3) is 5.45. The van der Waals surface area contributed by atoms with Crippen LogP contribution in [0.25, 0.3) is 0 Å². The highest BCUT2D eigenvalue weighted by Gasteiger charge is 2.34. The number of rotatable bonds is 6. The zero-order valence-corrected chi connectivity index (χ0v) is 14.5. The van der Waals surface area contributed by atoms with Gasteiger partial charge in [0, 0.05) is 32.1 Å². The molecule has 0 bridgehead atoms. The van der Waals surface area contributed by atoms with Crippen LogP contribution < -0.4 is 11.1 Å². The molecule has 5 nitrogen and oxygen atoms in total. The summed E-state index contributed by atoms with van der Waals surface area (Å²) in [5, 5.41) is 2.74. The van der Waals surface area contributed by atoms with Crippen molar-refractivity contribution in [2.75, 3.05) is 19.6 Å². The van der Waals surface area contributed by atoms with Crippen LogP contribution in [0.2, 0.25) is 0 Å². The fourth-order valence-electron chi connectivity index (χ4n) is 3.21. The van der Waals surface area contributed by atoms with Crippen molar-refractivity contribution in [3.63, 3.8) is 0 Å². The van der Waals surface area contributed by atoms with Crippen LogP contribution in [0.4, 0.5) is 13.2 Å². The van der Waals surface area contributed by atoms with Crippen LogP contribution in [0.5, 0.6) is 0 Å². The first-order valence-electron chi connectivity index (χ1n) is 8.74. The van der Waals surface area contributed by atoms with E-state index in [0.29, 0.717) is 13.1 Å². The van der Waals surface area contributed by atoms with Crippen molar-refractivity contribution in [2.24, 2.45) is 5.73 Å². The number of hydrogen-bond acceptors (Lipinski definition) is 3. The van der Waals surface area contributed by atoms with Crippen molar-refractivity contribution in [1.82, 2.24) is 10.2 Å². The van der Waals surface area contributed by atoms with Gasteiger partial charge in [0.1, 0.15) is 0 Å². The first-order valence-corrected chi connectivity index (χ1v) is 8.74. The van der Waals surface area contributed by atoms with Crippen LogP contribution in [0.3, 0.4) is 0 Å². The Hall–Kier alpha value is -2.09. The summed E-state index contributed by atoms with van der Waals surface area (Å²) in [6.45, 7) is 1.03. The highest BCUT2D eigenvalue weighted by molar-refractivity contribution is 5.80. The lowest BCUT2D eigenvalue weighted by molar-refractivity contribution is -0.139. The number of carbonyl (C=O) groups excluding carboxylic acids is 2. The molecular formula is C18H24F3N3O2. The van der Waals surface area contributed by atoms with E-state index in [0.717, 1.165) is 25.3 Å². The van der Waals surface area contributed by atoms with E-state index in [1.165, 1.54) is 18.2 Å². The standard InChI is InChI=1S/C18H24F3N3O2/c19-18(20,21)15-7-2-1-5-13(15)11-17(26)24-10-4-3-6-14(24)12-23-16(25)8-9-22/h1-2,5,7,14H,3-4,6,8-12,22H2,(H,23,25). The number of benzene rings is 1. The Balaban J connectivity index is 2.06. The molecule has 0 aliphatic carbocycles. The molecule has 1 saturated heterocycles. The first kappa shape index (κ1) is 20.2. The number of nitrogens with one attached hydrogen (secondary N) is 1. The van der Waals surface area contributed by atoms with Gasteiger partial charge in [-0.25, -0.2) is 0 Å². The van der Waals surface area contributed by atoms with Gasteiger partial charge in [0.05, 0.1) is 12.0 Å². The predicted octanol–water partition coefficient (Wildman–Crippen LogP) is 2.09. The molecule has 1 aromatic rings. The number of nitrogens with two attached hydrogens (primary N) is 1. The highest BCUT2D eigenvalue weighted by atomic mass is 19.4. The average molecular weight is 371 g/mol. The van der Waals surface area contributed by atoms with Crippen molar-refractivity contribution in [1.29, 1.82) is 0 Å². The molecular weight excluding hydrogens is 347 g/mol. The average Bonchev–Trinajstić information content (AvgIpc) is 2.60. The molecule has 0 radical (unpaired) electrons. The summed E-state index contributed by atoms with van der Waals surface area (Å²) in [6, 6.07) is 4.94. The first-order chi connectivity index (χ1) is 12.3. The van der Waals surface area contributed by atoms with Gasteiger partial charge in [-0.15, -0.1) is 0 Å². The number of likely N-dealkylation sites (tertiary alicyclic amines) is 1. The molecule has 8 heteroatoms. The van der Waals surface area contributed by atoms with E-state index in [1.54, 1.807) is 4.90 Å². The maximum absolute atomic E-state index is 13.1. The minimum atomic E-state index is -4.49. The highest BCUT2D eigenvalue weighted by Crippen LogP contribution is 2.32. The molecule has 1 heterocycles. The second-order valence-electron chi connectivity index (χ2n) is 6.41. The molecule has 1 aromatic carbocycles. The Morgan fingerprint density at radius 3 is 2.65 bits per heavy atom. The zero-order chi connectivity index (χ0) is 19.2. The maximum atomic E-state index is 13.1. The van der Waals surface area contributed by atoms with E-state index in [4.69, 9.17) is 5.73 Å². The lowest BCUT2D eigenvalue weighted by Gasteiger charge is -2.36. The van der Waals surface area contributed by atoms with E-state index in [-0.39, 0.29) is 42.8 Å². The second-order valence-corrected chi connectivity index (χ2v) is 6.41. The summed E-state index contributed by atoms with van der Waals surface area (Å²) in [4.78, 5) is 25.8. The van der Waals surface area contributed by atoms with Gasteiger partial charge < -0.3 is 16.0 Å². The Morgan fingerprint density at radius 2 is 1.96 bits per heavy atom. The smallest absolute Gasteiger partial charge is 0.354 e. The number of amides is 2. The van der Waals surface area contributed by atoms with Crippen LogP contribution in [0.1, 0.15) is 36.8 Å². The van der Waals surface area contributed by atoms with Crippen molar-refractivity contribution >= 4 is 11.8 Å². The molecule has 1 unspecified atom stereocenters. The third-order valence-electron chi connectivity index (χ3n) is 4.52. The van der Waals surface area contributed by atoms with Gasteiger partial charge in [0.25, 0.3) is 0 Å². The van der Waals surface area contributed by atoms with Gasteiger partial charge in [0.15, 0.2) is 0 Å². The summed E-state index contributed by atoms with van der Waals surface area (Å²) < 4.78 is 39.4. The molecule has 1 aliphatic heterocycles. The van der Waals surface area contributed by atoms with E-state index in [2.05, 4.69) is 5.32 Å². The Kier molecular flexibility index (Phi) is 7.02. The molecule has 1 atom stereocenters. The molecule has 0 saturated carbocycles. The number of hydrogen-bond donors (Lipinski definition) is 2.